The minimum absolute atomic E-state index is 0.00878. The summed E-state index contributed by atoms with van der Waals surface area (Å²) in [5, 5.41) is 5.53. The first-order chi connectivity index (χ1) is 32.5. The maximum absolute atomic E-state index is 14.3. The summed E-state index contributed by atoms with van der Waals surface area (Å²) >= 11 is 0. The largest absolute Gasteiger partial charge is 0.493 e. The summed E-state index contributed by atoms with van der Waals surface area (Å²) in [6, 6.07) is 6.16. The molecule has 2 atom stereocenters. The Morgan fingerprint density at radius 3 is 1.33 bits per heavy atom. The summed E-state index contributed by atoms with van der Waals surface area (Å²) in [5.74, 6) is 0.863. The van der Waals surface area contributed by atoms with Crippen molar-refractivity contribution in [2.45, 2.75) is 135 Å². The van der Waals surface area contributed by atoms with Gasteiger partial charge in [0, 0.05) is 25.2 Å². The van der Waals surface area contributed by atoms with Crippen molar-refractivity contribution in [3.8, 4) is 23.0 Å². The molecule has 0 aliphatic carbocycles. The Bertz CT molecular complexity index is 1960. The van der Waals surface area contributed by atoms with E-state index in [1.807, 2.05) is 9.80 Å². The molecular weight excluding hydrogens is 917 g/mol. The van der Waals surface area contributed by atoms with Gasteiger partial charge in [-0.2, -0.15) is 0 Å². The Labute approximate surface area is 413 Å². The predicted octanol–water partition coefficient (Wildman–Crippen LogP) is 11.1. The number of methoxy groups -OCH3 is 2. The minimum Gasteiger partial charge on any atom is -0.493 e. The first-order valence-corrected chi connectivity index (χ1v) is 30.0. The molecule has 2 aliphatic rings. The number of unbranched alkanes of at least 4 members (excludes halogenated alkanes) is 2. The Kier molecular flexibility index (Phi) is 20.6. The van der Waals surface area contributed by atoms with Crippen LogP contribution in [0.2, 0.25) is 36.3 Å². The zero-order chi connectivity index (χ0) is 51.2. The van der Waals surface area contributed by atoms with Crippen molar-refractivity contribution in [3.05, 3.63) is 60.7 Å². The summed E-state index contributed by atoms with van der Waals surface area (Å²) in [5.41, 5.74) is 0.958. The van der Waals surface area contributed by atoms with Gasteiger partial charge in [-0.25, -0.2) is 9.59 Å². The molecule has 0 radical (unpaired) electrons. The minimum atomic E-state index is -2.06. The van der Waals surface area contributed by atoms with Crippen molar-refractivity contribution >= 4 is 52.0 Å². The molecule has 2 N–H and O–H groups in total. The smallest absolute Gasteiger partial charge is 0.411 e. The van der Waals surface area contributed by atoms with Gasteiger partial charge in [0.1, 0.15) is 13.2 Å². The van der Waals surface area contributed by atoms with Crippen LogP contribution in [-0.2, 0) is 18.3 Å². The lowest BCUT2D eigenvalue weighted by atomic mass is 10.1. The summed E-state index contributed by atoms with van der Waals surface area (Å²) in [6.07, 6.45) is 6.70. The fourth-order valence-electron chi connectivity index (χ4n) is 7.44. The van der Waals surface area contributed by atoms with E-state index in [9.17, 15) is 19.2 Å². The standard InChI is InChI=1S/C51H80N4O12Si2/c1-15-26-64-48(58)52-40-32-44(42(60-9)30-38(40)46(56)54-24-20-22-36(54)34-66-68(11,12)50(3,4)5)62-28-18-17-19-29-63-45-33-41(53-49(59)65-27-16-2)39(31-43(45)61-10)47(57)55-25-21-23-37(55)35-67-69(13,14)51(6,7)8/h15-16,30-33,36-37H,1-2,17-29,34-35H2,3-14H3,(H,52,58)(H,53,59)/t36-,37-/m0/s1. The molecule has 384 valence electrons. The van der Waals surface area contributed by atoms with E-state index in [-0.39, 0.29) is 69.7 Å². The zero-order valence-electron chi connectivity index (χ0n) is 43.4. The van der Waals surface area contributed by atoms with E-state index in [0.717, 1.165) is 25.7 Å². The number of hydrogen-bond acceptors (Lipinski definition) is 12. The number of carbonyl (C=O) groups is 4. The van der Waals surface area contributed by atoms with Crippen LogP contribution in [0, 0.1) is 0 Å². The number of anilines is 2. The zero-order valence-corrected chi connectivity index (χ0v) is 45.4. The first-order valence-electron chi connectivity index (χ1n) is 24.2. The van der Waals surface area contributed by atoms with Crippen molar-refractivity contribution in [1.29, 1.82) is 0 Å². The molecule has 2 heterocycles. The van der Waals surface area contributed by atoms with Crippen molar-refractivity contribution in [3.63, 3.8) is 0 Å². The molecule has 18 heteroatoms. The van der Waals surface area contributed by atoms with E-state index in [2.05, 4.69) is 91.5 Å². The molecule has 0 spiro atoms. The van der Waals surface area contributed by atoms with Crippen LogP contribution < -0.4 is 29.6 Å². The van der Waals surface area contributed by atoms with Gasteiger partial charge in [0.05, 0.1) is 75.2 Å². The van der Waals surface area contributed by atoms with E-state index in [4.69, 9.17) is 37.3 Å². The van der Waals surface area contributed by atoms with E-state index in [1.165, 1.54) is 26.4 Å². The molecule has 2 aliphatic heterocycles. The second-order valence-corrected chi connectivity index (χ2v) is 30.2. The normalized spacial score (nSPS) is 16.4. The van der Waals surface area contributed by atoms with Crippen LogP contribution in [0.4, 0.5) is 21.0 Å². The maximum Gasteiger partial charge on any atom is 0.411 e. The number of ether oxygens (including phenoxy) is 6. The summed E-state index contributed by atoms with van der Waals surface area (Å²) in [4.78, 5) is 57.9. The number of hydrogen-bond donors (Lipinski definition) is 2. The first kappa shape index (κ1) is 56.5. The van der Waals surface area contributed by atoms with Crippen molar-refractivity contribution in [2.24, 2.45) is 0 Å². The highest BCUT2D eigenvalue weighted by atomic mass is 28.4. The molecule has 0 saturated carbocycles. The Morgan fingerprint density at radius 2 is 1.00 bits per heavy atom. The van der Waals surface area contributed by atoms with Crippen LogP contribution in [-0.4, -0.2) is 129 Å². The second kappa shape index (κ2) is 25.2. The Morgan fingerprint density at radius 1 is 0.623 bits per heavy atom. The van der Waals surface area contributed by atoms with Crippen molar-refractivity contribution < 1.29 is 56.5 Å². The van der Waals surface area contributed by atoms with E-state index < -0.39 is 28.8 Å². The molecule has 2 aromatic rings. The van der Waals surface area contributed by atoms with Crippen molar-refractivity contribution in [2.75, 3.05) is 77.6 Å². The number of amides is 4. The van der Waals surface area contributed by atoms with Crippen LogP contribution in [0.1, 0.15) is 107 Å². The maximum atomic E-state index is 14.3. The SMILES string of the molecule is C=CCOC(=O)Nc1cc(OCCCCCOc2cc(NC(=O)OCC=C)c(C(=O)N3CCC[C@H]3CO[Si](C)(C)C(C)(C)C)cc2OC)c(OC)cc1C(=O)N1CCC[C@H]1CO[Si](C)(C)C(C)(C)C. The third kappa shape index (κ3) is 15.5. The molecule has 2 fully saturated rings. The molecule has 4 rings (SSSR count). The van der Waals surface area contributed by atoms with Gasteiger partial charge in [0.2, 0.25) is 0 Å². The number of rotatable bonds is 24. The number of nitrogens with zero attached hydrogens (tertiary/aromatic N) is 2. The van der Waals surface area contributed by atoms with Crippen LogP contribution in [0.5, 0.6) is 23.0 Å². The lowest BCUT2D eigenvalue weighted by molar-refractivity contribution is 0.0678. The van der Waals surface area contributed by atoms with Gasteiger partial charge in [0.15, 0.2) is 39.6 Å². The molecule has 0 aromatic heterocycles. The topological polar surface area (TPSA) is 173 Å². The van der Waals surface area contributed by atoms with Crippen LogP contribution in [0.15, 0.2) is 49.6 Å². The molecule has 2 aromatic carbocycles. The quantitative estimate of drug-likeness (QED) is 0.0580. The molecule has 0 bridgehead atoms. The lowest BCUT2D eigenvalue weighted by Gasteiger charge is -2.38. The van der Waals surface area contributed by atoms with E-state index >= 15 is 0 Å². The average molecular weight is 997 g/mol. The average Bonchev–Trinajstić information content (AvgIpc) is 3.97. The molecule has 16 nitrogen and oxygen atoms in total. The van der Waals surface area contributed by atoms with E-state index in [1.54, 1.807) is 24.3 Å². The number of carbonyl (C=O) groups excluding carboxylic acids is 4. The van der Waals surface area contributed by atoms with Gasteiger partial charge in [0.25, 0.3) is 11.8 Å². The third-order valence-electron chi connectivity index (χ3n) is 13.7. The number of nitrogens with one attached hydrogen (secondary N) is 2. The predicted molar refractivity (Wildman–Crippen MR) is 276 cm³/mol. The van der Waals surface area contributed by atoms with Gasteiger partial charge < -0.3 is 47.1 Å². The lowest BCUT2D eigenvalue weighted by Crippen LogP contribution is -2.46. The van der Waals surface area contributed by atoms with Crippen LogP contribution in [0.3, 0.4) is 0 Å². The summed E-state index contributed by atoms with van der Waals surface area (Å²) in [6.45, 7) is 31.7. The molecule has 0 unspecified atom stereocenters. The second-order valence-electron chi connectivity index (χ2n) is 20.6. The highest BCUT2D eigenvalue weighted by Crippen LogP contribution is 2.41. The van der Waals surface area contributed by atoms with Gasteiger partial charge in [-0.1, -0.05) is 66.9 Å². The van der Waals surface area contributed by atoms with Gasteiger partial charge in [-0.15, -0.1) is 0 Å². The van der Waals surface area contributed by atoms with E-state index in [0.29, 0.717) is 81.8 Å². The monoisotopic (exact) mass is 997 g/mol. The molecule has 4 amide bonds. The fraction of sp³-hybridized carbons (Fsp3) is 0.608. The highest BCUT2D eigenvalue weighted by molar-refractivity contribution is 6.74. The van der Waals surface area contributed by atoms with Gasteiger partial charge in [-0.05, 0) is 93.3 Å². The van der Waals surface area contributed by atoms with Crippen molar-refractivity contribution in [1.82, 2.24) is 9.80 Å². The fourth-order valence-corrected chi connectivity index (χ4v) is 9.52. The van der Waals surface area contributed by atoms with Crippen LogP contribution in [0.25, 0.3) is 0 Å². The van der Waals surface area contributed by atoms with Gasteiger partial charge >= 0.3 is 12.2 Å². The summed E-state index contributed by atoms with van der Waals surface area (Å²) < 4.78 is 47.4. The summed E-state index contributed by atoms with van der Waals surface area (Å²) in [7, 11) is -1.12. The Hall–Kier alpha value is -5.05. The number of benzene rings is 2. The molecule has 2 saturated heterocycles. The number of likely N-dealkylation sites (tertiary alicyclic amines) is 2. The third-order valence-corrected chi connectivity index (χ3v) is 22.7. The van der Waals surface area contributed by atoms with Gasteiger partial charge in [-0.3, -0.25) is 20.2 Å². The Balaban J connectivity index is 1.44. The van der Waals surface area contributed by atoms with Crippen LogP contribution >= 0.6 is 0 Å². The molecular formula is C51H80N4O12Si2. The molecule has 69 heavy (non-hydrogen) atoms. The highest BCUT2D eigenvalue weighted by Gasteiger charge is 2.41.